The number of carbonyl (C=O) groups excluding carboxylic acids is 1. The van der Waals surface area contributed by atoms with Gasteiger partial charge in [-0.2, -0.15) is 0 Å². The van der Waals surface area contributed by atoms with Gasteiger partial charge >= 0.3 is 0 Å². The van der Waals surface area contributed by atoms with Gasteiger partial charge in [0, 0.05) is 28.1 Å². The zero-order valence-electron chi connectivity index (χ0n) is 13.8. The van der Waals surface area contributed by atoms with Crippen LogP contribution in [0.5, 0.6) is 0 Å². The van der Waals surface area contributed by atoms with Gasteiger partial charge in [0.25, 0.3) is 5.91 Å². The van der Waals surface area contributed by atoms with E-state index in [0.29, 0.717) is 31.1 Å². The van der Waals surface area contributed by atoms with Crippen molar-refractivity contribution in [2.24, 2.45) is 5.92 Å². The summed E-state index contributed by atoms with van der Waals surface area (Å²) in [7, 11) is 0. The molecule has 1 aromatic carbocycles. The minimum atomic E-state index is -0.232. The average molecular weight is 393 g/mol. The van der Waals surface area contributed by atoms with Crippen molar-refractivity contribution in [3.63, 3.8) is 0 Å². The molecule has 1 aliphatic rings. The summed E-state index contributed by atoms with van der Waals surface area (Å²) in [6.45, 7) is 5.81. The molecule has 2 aromatic rings. The van der Waals surface area contributed by atoms with Crippen LogP contribution in [-0.4, -0.2) is 41.6 Å². The van der Waals surface area contributed by atoms with Crippen molar-refractivity contribution in [2.75, 3.05) is 19.8 Å². The molecule has 5 nitrogen and oxygen atoms in total. The fourth-order valence-electron chi connectivity index (χ4n) is 3.17. The highest BCUT2D eigenvalue weighted by molar-refractivity contribution is 9.10. The van der Waals surface area contributed by atoms with Gasteiger partial charge in [-0.25, -0.2) is 0 Å². The number of aromatic nitrogens is 1. The Kier molecular flexibility index (Phi) is 5.06. The highest BCUT2D eigenvalue weighted by atomic mass is 79.9. The second-order valence-corrected chi connectivity index (χ2v) is 7.49. The zero-order valence-corrected chi connectivity index (χ0v) is 15.4. The summed E-state index contributed by atoms with van der Waals surface area (Å²) in [6, 6.07) is 5.45. The second kappa shape index (κ2) is 7.07. The Bertz CT molecular complexity index is 816. The summed E-state index contributed by atoms with van der Waals surface area (Å²) < 4.78 is 6.34. The number of aromatic amines is 1. The standard InChI is InChI=1S/C18H21BrN2O3/c1-11(2)7-13-10-24-6-5-21(13)18(23)15-9-20-16-4-3-12(19)8-14(16)17(15)22/h3-4,8-9,11,13H,5-7,10H2,1-2H3,(H,20,22)/t13-/m1/s1. The molecule has 1 aromatic heterocycles. The van der Waals surface area contributed by atoms with Crippen LogP contribution in [0.15, 0.2) is 33.7 Å². The van der Waals surface area contributed by atoms with E-state index in [9.17, 15) is 9.59 Å². The van der Waals surface area contributed by atoms with Crippen LogP contribution in [0.4, 0.5) is 0 Å². The SMILES string of the molecule is CC(C)C[C@@H]1COCCN1C(=O)c1c[nH]c2ccc(Br)cc2c1=O. The van der Waals surface area contributed by atoms with Crippen LogP contribution in [0.1, 0.15) is 30.6 Å². The number of fused-ring (bicyclic) bond motifs is 1. The van der Waals surface area contributed by atoms with E-state index in [-0.39, 0.29) is 22.9 Å². The number of nitrogens with one attached hydrogen (secondary N) is 1. The van der Waals surface area contributed by atoms with Crippen LogP contribution in [0.25, 0.3) is 10.9 Å². The van der Waals surface area contributed by atoms with E-state index < -0.39 is 0 Å². The maximum absolute atomic E-state index is 13.0. The lowest BCUT2D eigenvalue weighted by Gasteiger charge is -2.36. The first-order chi connectivity index (χ1) is 11.5. The number of H-pyrrole nitrogens is 1. The number of nitrogens with zero attached hydrogens (tertiary/aromatic N) is 1. The molecule has 6 heteroatoms. The second-order valence-electron chi connectivity index (χ2n) is 6.58. The molecule has 1 N–H and O–H groups in total. The highest BCUT2D eigenvalue weighted by Crippen LogP contribution is 2.19. The van der Waals surface area contributed by atoms with Gasteiger partial charge in [-0.05, 0) is 30.5 Å². The first-order valence-electron chi connectivity index (χ1n) is 8.17. The summed E-state index contributed by atoms with van der Waals surface area (Å²) in [6.07, 6.45) is 2.39. The van der Waals surface area contributed by atoms with Crippen LogP contribution in [0.2, 0.25) is 0 Å². The van der Waals surface area contributed by atoms with E-state index in [1.165, 1.54) is 6.20 Å². The average Bonchev–Trinajstić information content (AvgIpc) is 2.55. The molecule has 0 unspecified atom stereocenters. The molecule has 1 saturated heterocycles. The van der Waals surface area contributed by atoms with Crippen LogP contribution >= 0.6 is 15.9 Å². The lowest BCUT2D eigenvalue weighted by Crippen LogP contribution is -2.50. The molecule has 0 spiro atoms. The number of rotatable bonds is 3. The molecule has 0 aliphatic carbocycles. The fraction of sp³-hybridized carbons (Fsp3) is 0.444. The molecule has 1 atom stereocenters. The van der Waals surface area contributed by atoms with E-state index in [1.54, 1.807) is 11.0 Å². The lowest BCUT2D eigenvalue weighted by atomic mass is 10.0. The van der Waals surface area contributed by atoms with Gasteiger partial charge in [-0.15, -0.1) is 0 Å². The summed E-state index contributed by atoms with van der Waals surface area (Å²) in [5.41, 5.74) is 0.682. The number of ether oxygens (including phenoxy) is 1. The summed E-state index contributed by atoms with van der Waals surface area (Å²) in [5, 5.41) is 0.517. The van der Waals surface area contributed by atoms with E-state index in [4.69, 9.17) is 4.74 Å². The maximum Gasteiger partial charge on any atom is 0.259 e. The molecule has 0 bridgehead atoms. The Balaban J connectivity index is 1.98. The van der Waals surface area contributed by atoms with Gasteiger partial charge in [-0.1, -0.05) is 29.8 Å². The Morgan fingerprint density at radius 2 is 2.25 bits per heavy atom. The van der Waals surface area contributed by atoms with Gasteiger partial charge in [-0.3, -0.25) is 9.59 Å². The number of morpholine rings is 1. The lowest BCUT2D eigenvalue weighted by molar-refractivity contribution is -0.00753. The maximum atomic E-state index is 13.0. The number of halogens is 1. The summed E-state index contributed by atoms with van der Waals surface area (Å²) >= 11 is 3.38. The smallest absolute Gasteiger partial charge is 0.259 e. The van der Waals surface area contributed by atoms with E-state index >= 15 is 0 Å². The Morgan fingerprint density at radius 3 is 3.00 bits per heavy atom. The number of hydrogen-bond donors (Lipinski definition) is 1. The predicted molar refractivity (Wildman–Crippen MR) is 97.4 cm³/mol. The normalized spacial score (nSPS) is 18.3. The molecule has 2 heterocycles. The van der Waals surface area contributed by atoms with Gasteiger partial charge in [0.15, 0.2) is 0 Å². The van der Waals surface area contributed by atoms with Crippen molar-refractivity contribution >= 4 is 32.7 Å². The third kappa shape index (κ3) is 3.39. The fourth-order valence-corrected chi connectivity index (χ4v) is 3.53. The number of hydrogen-bond acceptors (Lipinski definition) is 3. The topological polar surface area (TPSA) is 62.4 Å². The molecule has 1 aliphatic heterocycles. The first-order valence-corrected chi connectivity index (χ1v) is 8.96. The van der Waals surface area contributed by atoms with Crippen molar-refractivity contribution in [2.45, 2.75) is 26.3 Å². The monoisotopic (exact) mass is 392 g/mol. The number of pyridine rings is 1. The number of carbonyl (C=O) groups is 1. The molecule has 24 heavy (non-hydrogen) atoms. The van der Waals surface area contributed by atoms with Crippen LogP contribution < -0.4 is 5.43 Å². The number of benzene rings is 1. The van der Waals surface area contributed by atoms with E-state index in [0.717, 1.165) is 16.4 Å². The van der Waals surface area contributed by atoms with E-state index in [2.05, 4.69) is 34.8 Å². The third-order valence-electron chi connectivity index (χ3n) is 4.31. The van der Waals surface area contributed by atoms with Crippen molar-refractivity contribution < 1.29 is 9.53 Å². The molecule has 3 rings (SSSR count). The number of amides is 1. The molecule has 128 valence electrons. The van der Waals surface area contributed by atoms with Crippen LogP contribution in [-0.2, 0) is 4.74 Å². The summed E-state index contributed by atoms with van der Waals surface area (Å²) in [4.78, 5) is 30.6. The van der Waals surface area contributed by atoms with Crippen molar-refractivity contribution in [1.82, 2.24) is 9.88 Å². The Labute approximate surface area is 149 Å². The minimum absolute atomic E-state index is 0.0175. The van der Waals surface area contributed by atoms with Crippen LogP contribution in [0, 0.1) is 5.92 Å². The molecule has 0 radical (unpaired) electrons. The third-order valence-corrected chi connectivity index (χ3v) is 4.80. The van der Waals surface area contributed by atoms with Crippen molar-refractivity contribution in [3.8, 4) is 0 Å². The highest BCUT2D eigenvalue weighted by Gasteiger charge is 2.30. The molecular weight excluding hydrogens is 372 g/mol. The van der Waals surface area contributed by atoms with Gasteiger partial charge in [0.1, 0.15) is 5.56 Å². The van der Waals surface area contributed by atoms with Crippen LogP contribution in [0.3, 0.4) is 0 Å². The quantitative estimate of drug-likeness (QED) is 0.872. The summed E-state index contributed by atoms with van der Waals surface area (Å²) in [5.74, 6) is 0.241. The van der Waals surface area contributed by atoms with Gasteiger partial charge < -0.3 is 14.6 Å². The Morgan fingerprint density at radius 1 is 1.46 bits per heavy atom. The molecule has 0 saturated carbocycles. The van der Waals surface area contributed by atoms with Gasteiger partial charge in [0.05, 0.1) is 19.3 Å². The minimum Gasteiger partial charge on any atom is -0.377 e. The van der Waals surface area contributed by atoms with Crippen molar-refractivity contribution in [3.05, 3.63) is 44.7 Å². The van der Waals surface area contributed by atoms with Gasteiger partial charge in [0.2, 0.25) is 5.43 Å². The van der Waals surface area contributed by atoms with Crippen molar-refractivity contribution in [1.29, 1.82) is 0 Å². The Hall–Kier alpha value is -1.66. The zero-order chi connectivity index (χ0) is 17.3. The molecule has 1 fully saturated rings. The predicted octanol–water partition coefficient (Wildman–Crippen LogP) is 3.18. The molecule has 1 amide bonds. The largest absolute Gasteiger partial charge is 0.377 e. The molecular formula is C18H21BrN2O3. The van der Waals surface area contributed by atoms with E-state index in [1.807, 2.05) is 12.1 Å². The first kappa shape index (κ1) is 17.2.